The van der Waals surface area contributed by atoms with Gasteiger partial charge in [0.2, 0.25) is 11.2 Å². The van der Waals surface area contributed by atoms with Gasteiger partial charge in [0, 0.05) is 0 Å². The number of ether oxygens (including phenoxy) is 1. The summed E-state index contributed by atoms with van der Waals surface area (Å²) in [7, 11) is 0. The molecule has 4 nitrogen and oxygen atoms in total. The van der Waals surface area contributed by atoms with Gasteiger partial charge in [-0.2, -0.15) is 18.9 Å². The van der Waals surface area contributed by atoms with Crippen LogP contribution in [0.15, 0.2) is 6.20 Å². The van der Waals surface area contributed by atoms with Crippen molar-refractivity contribution in [2.45, 2.75) is 12.3 Å². The Morgan fingerprint density at radius 1 is 1.47 bits per heavy atom. The van der Waals surface area contributed by atoms with Gasteiger partial charge in [-0.05, 0) is 11.6 Å². The van der Waals surface area contributed by atoms with E-state index in [9.17, 15) is 17.6 Å². The summed E-state index contributed by atoms with van der Waals surface area (Å²) in [5.41, 5.74) is 0. The van der Waals surface area contributed by atoms with Crippen molar-refractivity contribution < 1.29 is 22.3 Å². The van der Waals surface area contributed by atoms with Crippen LogP contribution in [0.4, 0.5) is 17.6 Å². The highest BCUT2D eigenvalue weighted by Gasteiger charge is 2.41. The third-order valence-electron chi connectivity index (χ3n) is 1.24. The van der Waals surface area contributed by atoms with Crippen LogP contribution in [0.5, 0.6) is 5.88 Å². The first-order chi connectivity index (χ1) is 6.92. The van der Waals surface area contributed by atoms with Crippen LogP contribution < -0.4 is 4.74 Å². The molecule has 0 aliphatic carbocycles. The number of alkyl halides is 4. The first kappa shape index (κ1) is 11.9. The van der Waals surface area contributed by atoms with Crippen LogP contribution in [0.25, 0.3) is 0 Å². The van der Waals surface area contributed by atoms with Crippen molar-refractivity contribution in [3.63, 3.8) is 0 Å². The van der Waals surface area contributed by atoms with E-state index < -0.39 is 24.8 Å². The third kappa shape index (κ3) is 3.46. The van der Waals surface area contributed by atoms with E-state index in [-0.39, 0.29) is 5.28 Å². The zero-order chi connectivity index (χ0) is 11.5. The Hall–Kier alpha value is -1.18. The standard InChI is InChI=1S/C6H4ClF4N3O/c7-5-13-3(1-12-14-5)15-2-6(10,11)4(8)9/h1,4H,2H2. The maximum atomic E-state index is 12.4. The van der Waals surface area contributed by atoms with Crippen molar-refractivity contribution in [2.24, 2.45) is 0 Å². The molecule has 0 saturated heterocycles. The number of aromatic nitrogens is 3. The van der Waals surface area contributed by atoms with Crippen LogP contribution in [0, 0.1) is 0 Å². The lowest BCUT2D eigenvalue weighted by atomic mass is 10.4. The largest absolute Gasteiger partial charge is 0.470 e. The van der Waals surface area contributed by atoms with Gasteiger partial charge in [-0.1, -0.05) is 0 Å². The van der Waals surface area contributed by atoms with E-state index in [2.05, 4.69) is 19.9 Å². The van der Waals surface area contributed by atoms with Gasteiger partial charge >= 0.3 is 12.3 Å². The van der Waals surface area contributed by atoms with Crippen LogP contribution in [-0.4, -0.2) is 34.1 Å². The average Bonchev–Trinajstić information content (AvgIpc) is 2.15. The van der Waals surface area contributed by atoms with Gasteiger partial charge in [-0.15, -0.1) is 5.10 Å². The second kappa shape index (κ2) is 4.56. The summed E-state index contributed by atoms with van der Waals surface area (Å²) >= 11 is 5.26. The number of hydrogen-bond donors (Lipinski definition) is 0. The predicted octanol–water partition coefficient (Wildman–Crippen LogP) is 1.80. The average molecular weight is 246 g/mol. The molecule has 0 aromatic carbocycles. The molecule has 0 aliphatic rings. The molecule has 1 aromatic rings. The minimum atomic E-state index is -4.24. The summed E-state index contributed by atoms with van der Waals surface area (Å²) in [6, 6.07) is 0. The predicted molar refractivity (Wildman–Crippen MR) is 41.3 cm³/mol. The van der Waals surface area contributed by atoms with Gasteiger partial charge in [0.15, 0.2) is 6.61 Å². The van der Waals surface area contributed by atoms with Gasteiger partial charge in [-0.3, -0.25) is 0 Å². The quantitative estimate of drug-likeness (QED) is 0.759. The summed E-state index contributed by atoms with van der Waals surface area (Å²) in [5, 5.41) is 6.11. The molecule has 0 unspecified atom stereocenters. The second-order valence-corrected chi connectivity index (χ2v) is 2.75. The van der Waals surface area contributed by atoms with Crippen LogP contribution in [-0.2, 0) is 0 Å². The highest BCUT2D eigenvalue weighted by atomic mass is 35.5. The van der Waals surface area contributed by atoms with Crippen molar-refractivity contribution in [1.29, 1.82) is 0 Å². The van der Waals surface area contributed by atoms with Crippen molar-refractivity contribution >= 4 is 11.6 Å². The first-order valence-electron chi connectivity index (χ1n) is 3.56. The van der Waals surface area contributed by atoms with Crippen molar-refractivity contribution in [3.05, 3.63) is 11.5 Å². The van der Waals surface area contributed by atoms with Gasteiger partial charge < -0.3 is 4.74 Å². The molecule has 1 aromatic heterocycles. The smallest absolute Gasteiger partial charge is 0.340 e. The minimum Gasteiger partial charge on any atom is -0.470 e. The molecule has 0 spiro atoms. The Balaban J connectivity index is 2.57. The van der Waals surface area contributed by atoms with Crippen molar-refractivity contribution in [3.8, 4) is 5.88 Å². The molecular weight excluding hydrogens is 242 g/mol. The van der Waals surface area contributed by atoms with E-state index in [1.807, 2.05) is 0 Å². The first-order valence-corrected chi connectivity index (χ1v) is 3.93. The normalized spacial score (nSPS) is 11.9. The molecular formula is C6H4ClF4N3O. The fourth-order valence-electron chi connectivity index (χ4n) is 0.571. The highest BCUT2D eigenvalue weighted by Crippen LogP contribution is 2.23. The van der Waals surface area contributed by atoms with Crippen LogP contribution >= 0.6 is 11.6 Å². The molecule has 84 valence electrons. The molecule has 0 fully saturated rings. The Morgan fingerprint density at radius 2 is 2.13 bits per heavy atom. The zero-order valence-corrected chi connectivity index (χ0v) is 7.76. The minimum absolute atomic E-state index is 0.326. The van der Waals surface area contributed by atoms with E-state index >= 15 is 0 Å². The second-order valence-electron chi connectivity index (χ2n) is 2.41. The van der Waals surface area contributed by atoms with Crippen molar-refractivity contribution in [1.82, 2.24) is 15.2 Å². The van der Waals surface area contributed by atoms with Gasteiger partial charge in [0.05, 0.1) is 0 Å². The molecule has 15 heavy (non-hydrogen) atoms. The summed E-state index contributed by atoms with van der Waals surface area (Å²) in [6.45, 7) is -1.50. The number of nitrogens with zero attached hydrogens (tertiary/aromatic N) is 3. The number of halogens is 5. The molecule has 0 bridgehead atoms. The lowest BCUT2D eigenvalue weighted by Crippen LogP contribution is -2.33. The topological polar surface area (TPSA) is 47.9 Å². The fraction of sp³-hybridized carbons (Fsp3) is 0.500. The summed E-state index contributed by atoms with van der Waals surface area (Å²) in [4.78, 5) is 3.33. The fourth-order valence-corrected chi connectivity index (χ4v) is 0.698. The molecule has 1 rings (SSSR count). The SMILES string of the molecule is FC(F)C(F)(F)COc1cnnc(Cl)n1. The molecule has 0 aliphatic heterocycles. The molecule has 0 radical (unpaired) electrons. The summed E-state index contributed by atoms with van der Waals surface area (Å²) < 4.78 is 52.4. The Morgan fingerprint density at radius 3 is 2.67 bits per heavy atom. The molecule has 1 heterocycles. The molecule has 0 N–H and O–H groups in total. The lowest BCUT2D eigenvalue weighted by molar-refractivity contribution is -0.148. The zero-order valence-electron chi connectivity index (χ0n) is 7.00. The van der Waals surface area contributed by atoms with Crippen LogP contribution in [0.1, 0.15) is 0 Å². The Labute approximate surface area is 86.2 Å². The van der Waals surface area contributed by atoms with Gasteiger partial charge in [0.1, 0.15) is 6.20 Å². The maximum Gasteiger partial charge on any atom is 0.340 e. The van der Waals surface area contributed by atoms with E-state index in [0.29, 0.717) is 0 Å². The Bertz CT molecular complexity index is 338. The van der Waals surface area contributed by atoms with E-state index in [4.69, 9.17) is 11.6 Å². The molecule has 0 atom stereocenters. The third-order valence-corrected chi connectivity index (χ3v) is 1.40. The number of hydrogen-bond acceptors (Lipinski definition) is 4. The van der Waals surface area contributed by atoms with Crippen molar-refractivity contribution in [2.75, 3.05) is 6.61 Å². The van der Waals surface area contributed by atoms with Gasteiger partial charge in [0.25, 0.3) is 0 Å². The van der Waals surface area contributed by atoms with E-state index in [0.717, 1.165) is 6.20 Å². The molecule has 0 amide bonds. The van der Waals surface area contributed by atoms with E-state index in [1.54, 1.807) is 0 Å². The summed E-state index contributed by atoms with van der Waals surface area (Å²) in [6.07, 6.45) is -2.92. The van der Waals surface area contributed by atoms with Crippen LogP contribution in [0.2, 0.25) is 5.28 Å². The monoisotopic (exact) mass is 245 g/mol. The summed E-state index contributed by atoms with van der Waals surface area (Å²) in [5.74, 6) is -4.63. The highest BCUT2D eigenvalue weighted by molar-refractivity contribution is 6.28. The number of rotatable bonds is 4. The molecule has 0 saturated carbocycles. The Kier molecular flexibility index (Phi) is 3.61. The van der Waals surface area contributed by atoms with Crippen LogP contribution in [0.3, 0.4) is 0 Å². The lowest BCUT2D eigenvalue weighted by Gasteiger charge is -2.14. The maximum absolute atomic E-state index is 12.4. The van der Waals surface area contributed by atoms with E-state index in [1.165, 1.54) is 0 Å². The van der Waals surface area contributed by atoms with Gasteiger partial charge in [-0.25, -0.2) is 8.78 Å². The molecule has 9 heteroatoms.